The van der Waals surface area contributed by atoms with Gasteiger partial charge in [-0.1, -0.05) is 31.2 Å². The van der Waals surface area contributed by atoms with Crippen LogP contribution < -0.4 is 4.80 Å². The Kier molecular flexibility index (Phi) is 5.11. The molecule has 4 heteroatoms. The first kappa shape index (κ1) is 15.5. The minimum absolute atomic E-state index is 0.308. The third-order valence-electron chi connectivity index (χ3n) is 4.36. The summed E-state index contributed by atoms with van der Waals surface area (Å²) >= 11 is 1.76. The summed E-state index contributed by atoms with van der Waals surface area (Å²) in [5.41, 5.74) is 4.24. The van der Waals surface area contributed by atoms with Gasteiger partial charge in [0.05, 0.1) is 12.6 Å². The molecule has 3 nitrogen and oxygen atoms in total. The Hall–Kier alpha value is -1.39. The monoisotopic (exact) mass is 316 g/mol. The van der Waals surface area contributed by atoms with Crippen LogP contribution >= 0.6 is 11.3 Å². The normalized spacial score (nSPS) is 18.5. The molecule has 0 saturated carbocycles. The second-order valence-corrected chi connectivity index (χ2v) is 6.58. The predicted molar refractivity (Wildman–Crippen MR) is 91.2 cm³/mol. The van der Waals surface area contributed by atoms with Crippen molar-refractivity contribution >= 4 is 11.3 Å². The van der Waals surface area contributed by atoms with Crippen molar-refractivity contribution in [1.29, 1.82) is 0 Å². The van der Waals surface area contributed by atoms with Gasteiger partial charge in [0.25, 0.3) is 0 Å². The molecule has 2 aromatic rings. The molecule has 22 heavy (non-hydrogen) atoms. The fraction of sp³-hybridized carbons (Fsp3) is 0.500. The molecule has 1 aromatic heterocycles. The van der Waals surface area contributed by atoms with Crippen molar-refractivity contribution in [2.75, 3.05) is 13.7 Å². The molecule has 1 heterocycles. The maximum absolute atomic E-state index is 5.26. The highest BCUT2D eigenvalue weighted by Crippen LogP contribution is 2.32. The molecule has 1 unspecified atom stereocenters. The van der Waals surface area contributed by atoms with E-state index in [1.54, 1.807) is 18.4 Å². The van der Waals surface area contributed by atoms with E-state index in [4.69, 9.17) is 9.73 Å². The second-order valence-electron chi connectivity index (χ2n) is 5.74. The van der Waals surface area contributed by atoms with E-state index in [-0.39, 0.29) is 0 Å². The van der Waals surface area contributed by atoms with Gasteiger partial charge in [-0.25, -0.2) is 0 Å². The van der Waals surface area contributed by atoms with Gasteiger partial charge in [0.1, 0.15) is 0 Å². The first-order valence-electron chi connectivity index (χ1n) is 8.11. The number of methoxy groups -OCH3 is 1. The van der Waals surface area contributed by atoms with Crippen molar-refractivity contribution in [3.05, 3.63) is 51.3 Å². The molecule has 0 N–H and O–H groups in total. The molecular formula is C18H24N2OS. The standard InChI is InChI=1S/C18H24N2OS/c1-3-15-13-22-18(20(15)11-12-21-2)19-17-10-6-8-14-7-4-5-9-16(14)17/h4-5,7,9,13,17H,3,6,8,10-12H2,1-2H3. The molecule has 0 radical (unpaired) electrons. The number of aromatic nitrogens is 1. The Morgan fingerprint density at radius 3 is 3.05 bits per heavy atom. The zero-order valence-electron chi connectivity index (χ0n) is 13.4. The summed E-state index contributed by atoms with van der Waals surface area (Å²) < 4.78 is 7.58. The summed E-state index contributed by atoms with van der Waals surface area (Å²) in [5.74, 6) is 0. The summed E-state index contributed by atoms with van der Waals surface area (Å²) in [6, 6.07) is 9.08. The second kappa shape index (κ2) is 7.25. The third-order valence-corrected chi connectivity index (χ3v) is 5.29. The zero-order chi connectivity index (χ0) is 15.4. The van der Waals surface area contributed by atoms with Crippen LogP contribution in [0.2, 0.25) is 0 Å². The molecule has 0 amide bonds. The van der Waals surface area contributed by atoms with Crippen LogP contribution in [0.3, 0.4) is 0 Å². The van der Waals surface area contributed by atoms with Crippen molar-refractivity contribution in [2.24, 2.45) is 4.99 Å². The van der Waals surface area contributed by atoms with E-state index in [1.165, 1.54) is 29.7 Å². The van der Waals surface area contributed by atoms with Crippen LogP contribution in [0.5, 0.6) is 0 Å². The van der Waals surface area contributed by atoms with Crippen molar-refractivity contribution in [2.45, 2.75) is 45.2 Å². The van der Waals surface area contributed by atoms with Gasteiger partial charge in [0, 0.05) is 24.7 Å². The number of thiazole rings is 1. The van der Waals surface area contributed by atoms with Gasteiger partial charge in [-0.3, -0.25) is 4.99 Å². The first-order chi connectivity index (χ1) is 10.8. The number of hydrogen-bond donors (Lipinski definition) is 0. The smallest absolute Gasteiger partial charge is 0.185 e. The molecule has 0 saturated heterocycles. The lowest BCUT2D eigenvalue weighted by molar-refractivity contribution is 0.185. The summed E-state index contributed by atoms with van der Waals surface area (Å²) in [6.07, 6.45) is 4.61. The number of benzene rings is 1. The summed E-state index contributed by atoms with van der Waals surface area (Å²) in [4.78, 5) is 6.24. The van der Waals surface area contributed by atoms with E-state index in [2.05, 4.69) is 41.1 Å². The number of nitrogens with zero attached hydrogens (tertiary/aromatic N) is 2. The molecule has 1 aliphatic carbocycles. The van der Waals surface area contributed by atoms with Gasteiger partial charge < -0.3 is 9.30 Å². The topological polar surface area (TPSA) is 26.5 Å². The van der Waals surface area contributed by atoms with Gasteiger partial charge in [-0.15, -0.1) is 11.3 Å². The minimum Gasteiger partial charge on any atom is -0.383 e. The van der Waals surface area contributed by atoms with Crippen LogP contribution in [0.25, 0.3) is 0 Å². The fourth-order valence-corrected chi connectivity index (χ4v) is 4.22. The van der Waals surface area contributed by atoms with Gasteiger partial charge in [-0.2, -0.15) is 0 Å². The van der Waals surface area contributed by atoms with E-state index in [9.17, 15) is 0 Å². The Balaban J connectivity index is 1.97. The number of ether oxygens (including phenoxy) is 1. The quantitative estimate of drug-likeness (QED) is 0.825. The highest BCUT2D eigenvalue weighted by Gasteiger charge is 2.19. The van der Waals surface area contributed by atoms with Gasteiger partial charge in [0.15, 0.2) is 4.80 Å². The van der Waals surface area contributed by atoms with E-state index in [0.29, 0.717) is 6.04 Å². The molecular weight excluding hydrogens is 292 g/mol. The largest absolute Gasteiger partial charge is 0.383 e. The summed E-state index contributed by atoms with van der Waals surface area (Å²) in [7, 11) is 1.76. The number of fused-ring (bicyclic) bond motifs is 1. The maximum atomic E-state index is 5.26. The van der Waals surface area contributed by atoms with Gasteiger partial charge in [-0.05, 0) is 36.8 Å². The average molecular weight is 316 g/mol. The minimum atomic E-state index is 0.308. The highest BCUT2D eigenvalue weighted by atomic mass is 32.1. The fourth-order valence-electron chi connectivity index (χ4n) is 3.16. The van der Waals surface area contributed by atoms with Crippen LogP contribution in [-0.4, -0.2) is 18.3 Å². The number of hydrogen-bond acceptors (Lipinski definition) is 3. The van der Waals surface area contributed by atoms with Crippen molar-refractivity contribution in [3.8, 4) is 0 Å². The lowest BCUT2D eigenvalue weighted by Gasteiger charge is -2.22. The molecule has 0 bridgehead atoms. The SMILES string of the molecule is CCc1csc(=NC2CCCc3ccccc32)n1CCOC. The molecule has 3 rings (SSSR count). The van der Waals surface area contributed by atoms with Gasteiger partial charge >= 0.3 is 0 Å². The average Bonchev–Trinajstić information content (AvgIpc) is 2.95. The van der Waals surface area contributed by atoms with Crippen LogP contribution in [0.4, 0.5) is 0 Å². The van der Waals surface area contributed by atoms with Crippen LogP contribution in [0, 0.1) is 0 Å². The molecule has 0 spiro atoms. The van der Waals surface area contributed by atoms with Crippen molar-refractivity contribution < 1.29 is 4.74 Å². The Morgan fingerprint density at radius 2 is 2.23 bits per heavy atom. The number of aryl methyl sites for hydroxylation is 2. The molecule has 0 fully saturated rings. The van der Waals surface area contributed by atoms with E-state index in [0.717, 1.165) is 30.8 Å². The molecule has 1 aliphatic rings. The number of rotatable bonds is 5. The lowest BCUT2D eigenvalue weighted by atomic mass is 9.88. The Labute approximate surface area is 136 Å². The molecule has 118 valence electrons. The Morgan fingerprint density at radius 1 is 1.36 bits per heavy atom. The molecule has 1 atom stereocenters. The lowest BCUT2D eigenvalue weighted by Crippen LogP contribution is -2.22. The van der Waals surface area contributed by atoms with E-state index < -0.39 is 0 Å². The maximum Gasteiger partial charge on any atom is 0.185 e. The third kappa shape index (κ3) is 3.18. The first-order valence-corrected chi connectivity index (χ1v) is 8.99. The van der Waals surface area contributed by atoms with E-state index >= 15 is 0 Å². The zero-order valence-corrected chi connectivity index (χ0v) is 14.2. The van der Waals surface area contributed by atoms with Gasteiger partial charge in [0.2, 0.25) is 0 Å². The molecule has 0 aliphatic heterocycles. The highest BCUT2D eigenvalue weighted by molar-refractivity contribution is 7.07. The van der Waals surface area contributed by atoms with Crippen molar-refractivity contribution in [3.63, 3.8) is 0 Å². The summed E-state index contributed by atoms with van der Waals surface area (Å²) in [6.45, 7) is 3.82. The van der Waals surface area contributed by atoms with Crippen LogP contribution in [-0.2, 0) is 24.1 Å². The van der Waals surface area contributed by atoms with E-state index in [1.807, 2.05) is 0 Å². The van der Waals surface area contributed by atoms with Crippen LogP contribution in [0.15, 0.2) is 34.6 Å². The Bertz CT molecular complexity index is 686. The summed E-state index contributed by atoms with van der Waals surface area (Å²) in [5, 5.41) is 2.24. The van der Waals surface area contributed by atoms with Crippen LogP contribution in [0.1, 0.15) is 42.6 Å². The predicted octanol–water partition coefficient (Wildman–Crippen LogP) is 3.74. The van der Waals surface area contributed by atoms with Crippen molar-refractivity contribution in [1.82, 2.24) is 4.57 Å². The molecule has 1 aromatic carbocycles.